The average molecular weight is 329 g/mol. The zero-order valence-corrected chi connectivity index (χ0v) is 13.4. The number of benzene rings is 1. The summed E-state index contributed by atoms with van der Waals surface area (Å²) in [6.45, 7) is 0. The molecule has 0 spiro atoms. The second kappa shape index (κ2) is 6.81. The Morgan fingerprint density at radius 1 is 1.29 bits per heavy atom. The molecule has 1 saturated carbocycles. The molecule has 0 saturated heterocycles. The van der Waals surface area contributed by atoms with E-state index in [4.69, 9.17) is 5.11 Å². The third-order valence-corrected chi connectivity index (χ3v) is 6.38. The summed E-state index contributed by atoms with van der Waals surface area (Å²) < 4.78 is 27.3. The number of hydrogen-bond donors (Lipinski definition) is 2. The van der Waals surface area contributed by atoms with Crippen LogP contribution in [0.25, 0.3) is 0 Å². The molecule has 7 heteroatoms. The van der Waals surface area contributed by atoms with Crippen LogP contribution in [0.4, 0.5) is 0 Å². The van der Waals surface area contributed by atoms with E-state index in [0.29, 0.717) is 5.25 Å². The largest absolute Gasteiger partial charge is 0.478 e. The maximum absolute atomic E-state index is 12.3. The van der Waals surface area contributed by atoms with Crippen LogP contribution in [0.5, 0.6) is 0 Å². The lowest BCUT2D eigenvalue weighted by Crippen LogP contribution is -2.38. The van der Waals surface area contributed by atoms with Gasteiger partial charge in [-0.1, -0.05) is 6.07 Å². The lowest BCUT2D eigenvalue weighted by molar-refractivity contribution is 0.0696. The molecule has 0 radical (unpaired) electrons. The van der Waals surface area contributed by atoms with Crippen LogP contribution < -0.4 is 4.72 Å². The van der Waals surface area contributed by atoms with E-state index >= 15 is 0 Å². The molecule has 5 nitrogen and oxygen atoms in total. The summed E-state index contributed by atoms with van der Waals surface area (Å²) >= 11 is 1.82. The molecule has 2 N–H and O–H groups in total. The molecule has 0 amide bonds. The van der Waals surface area contributed by atoms with Crippen molar-refractivity contribution in [1.82, 2.24) is 4.72 Å². The standard InChI is InChI=1S/C14H19NO4S2/c1-20-12-7-5-11(6-8-12)15-21(18,19)13-4-2-3-10(9-13)14(16)17/h2-4,9,11-12,15H,5-8H2,1H3,(H,16,17). The van der Waals surface area contributed by atoms with Gasteiger partial charge in [0.2, 0.25) is 10.0 Å². The molecule has 0 aromatic heterocycles. The van der Waals surface area contributed by atoms with Crippen molar-refractivity contribution >= 4 is 27.8 Å². The van der Waals surface area contributed by atoms with Gasteiger partial charge < -0.3 is 5.11 Å². The normalized spacial score (nSPS) is 22.9. The topological polar surface area (TPSA) is 83.5 Å². The molecular weight excluding hydrogens is 310 g/mol. The quantitative estimate of drug-likeness (QED) is 0.866. The van der Waals surface area contributed by atoms with Gasteiger partial charge in [-0.05, 0) is 50.1 Å². The smallest absolute Gasteiger partial charge is 0.335 e. The molecule has 116 valence electrons. The molecule has 21 heavy (non-hydrogen) atoms. The van der Waals surface area contributed by atoms with Crippen molar-refractivity contribution in [2.24, 2.45) is 0 Å². The van der Waals surface area contributed by atoms with Crippen LogP contribution in [0.1, 0.15) is 36.0 Å². The molecule has 1 aliphatic carbocycles. The van der Waals surface area contributed by atoms with E-state index in [0.717, 1.165) is 25.7 Å². The molecule has 1 fully saturated rings. The molecular formula is C14H19NO4S2. The summed E-state index contributed by atoms with van der Waals surface area (Å²) in [4.78, 5) is 10.9. The number of aromatic carboxylic acids is 1. The first-order valence-corrected chi connectivity index (χ1v) is 9.58. The highest BCUT2D eigenvalue weighted by molar-refractivity contribution is 7.99. The van der Waals surface area contributed by atoms with Gasteiger partial charge in [0.25, 0.3) is 0 Å². The van der Waals surface area contributed by atoms with Gasteiger partial charge in [0.15, 0.2) is 0 Å². The highest BCUT2D eigenvalue weighted by atomic mass is 32.2. The third-order valence-electron chi connectivity index (χ3n) is 3.72. The molecule has 0 bridgehead atoms. The van der Waals surface area contributed by atoms with Gasteiger partial charge in [-0.25, -0.2) is 17.9 Å². The Balaban J connectivity index is 2.08. The number of rotatable bonds is 5. The molecule has 0 unspecified atom stereocenters. The molecule has 1 aromatic rings. The minimum absolute atomic E-state index is 0.00869. The van der Waals surface area contributed by atoms with Crippen molar-refractivity contribution in [2.45, 2.75) is 41.9 Å². The summed E-state index contributed by atoms with van der Waals surface area (Å²) in [6.07, 6.45) is 5.73. The second-order valence-electron chi connectivity index (χ2n) is 5.16. The Morgan fingerprint density at radius 3 is 2.52 bits per heavy atom. The number of hydrogen-bond acceptors (Lipinski definition) is 4. The first-order chi connectivity index (χ1) is 9.92. The fraction of sp³-hybridized carbons (Fsp3) is 0.500. The lowest BCUT2D eigenvalue weighted by atomic mass is 9.96. The maximum atomic E-state index is 12.3. The minimum atomic E-state index is -3.66. The highest BCUT2D eigenvalue weighted by Gasteiger charge is 2.25. The fourth-order valence-corrected chi connectivity index (χ4v) is 4.59. The number of sulfonamides is 1. The number of carbonyl (C=O) groups is 1. The summed E-state index contributed by atoms with van der Waals surface area (Å²) in [5.41, 5.74) is -0.0241. The van der Waals surface area contributed by atoms with Crippen molar-refractivity contribution in [3.05, 3.63) is 29.8 Å². The fourth-order valence-electron chi connectivity index (χ4n) is 2.50. The van der Waals surface area contributed by atoms with Gasteiger partial charge in [-0.3, -0.25) is 0 Å². The van der Waals surface area contributed by atoms with Gasteiger partial charge in [-0.15, -0.1) is 0 Å². The number of thioether (sulfide) groups is 1. The maximum Gasteiger partial charge on any atom is 0.335 e. The first-order valence-electron chi connectivity index (χ1n) is 6.81. The SMILES string of the molecule is CSC1CCC(NS(=O)(=O)c2cccc(C(=O)O)c2)CC1. The molecule has 0 heterocycles. The predicted molar refractivity (Wildman–Crippen MR) is 83.3 cm³/mol. The minimum Gasteiger partial charge on any atom is -0.478 e. The Morgan fingerprint density at radius 2 is 1.95 bits per heavy atom. The zero-order chi connectivity index (χ0) is 15.5. The Labute approximate surface area is 129 Å². The molecule has 1 aromatic carbocycles. The van der Waals surface area contributed by atoms with Crippen LogP contribution in [0.15, 0.2) is 29.2 Å². The van der Waals surface area contributed by atoms with Gasteiger partial charge in [0.05, 0.1) is 10.5 Å². The van der Waals surface area contributed by atoms with E-state index in [1.165, 1.54) is 24.3 Å². The average Bonchev–Trinajstić information content (AvgIpc) is 2.48. The van der Waals surface area contributed by atoms with Gasteiger partial charge in [0.1, 0.15) is 0 Å². The van der Waals surface area contributed by atoms with Crippen molar-refractivity contribution < 1.29 is 18.3 Å². The molecule has 0 atom stereocenters. The van der Waals surface area contributed by atoms with E-state index in [9.17, 15) is 13.2 Å². The van der Waals surface area contributed by atoms with Crippen LogP contribution in [0, 0.1) is 0 Å². The van der Waals surface area contributed by atoms with Gasteiger partial charge in [0, 0.05) is 11.3 Å². The van der Waals surface area contributed by atoms with Gasteiger partial charge in [-0.2, -0.15) is 11.8 Å². The van der Waals surface area contributed by atoms with E-state index in [-0.39, 0.29) is 16.5 Å². The van der Waals surface area contributed by atoms with Crippen molar-refractivity contribution in [3.63, 3.8) is 0 Å². The number of carboxylic acids is 1. The molecule has 0 aliphatic heterocycles. The van der Waals surface area contributed by atoms with E-state index < -0.39 is 16.0 Å². The van der Waals surface area contributed by atoms with Crippen LogP contribution in [-0.4, -0.2) is 37.0 Å². The van der Waals surface area contributed by atoms with E-state index in [1.54, 1.807) is 0 Å². The van der Waals surface area contributed by atoms with Crippen LogP contribution in [0.3, 0.4) is 0 Å². The van der Waals surface area contributed by atoms with Crippen LogP contribution in [0.2, 0.25) is 0 Å². The van der Waals surface area contributed by atoms with Crippen LogP contribution >= 0.6 is 11.8 Å². The zero-order valence-electron chi connectivity index (χ0n) is 11.8. The van der Waals surface area contributed by atoms with Crippen molar-refractivity contribution in [3.8, 4) is 0 Å². The van der Waals surface area contributed by atoms with E-state index in [1.807, 2.05) is 11.8 Å². The van der Waals surface area contributed by atoms with E-state index in [2.05, 4.69) is 11.0 Å². The second-order valence-corrected chi connectivity index (χ2v) is 8.02. The van der Waals surface area contributed by atoms with Gasteiger partial charge >= 0.3 is 5.97 Å². The lowest BCUT2D eigenvalue weighted by Gasteiger charge is -2.27. The third kappa shape index (κ3) is 4.21. The Kier molecular flexibility index (Phi) is 5.29. The van der Waals surface area contributed by atoms with Crippen LogP contribution in [-0.2, 0) is 10.0 Å². The summed E-state index contributed by atoms with van der Waals surface area (Å²) in [5, 5.41) is 9.55. The molecule has 2 rings (SSSR count). The summed E-state index contributed by atoms with van der Waals surface area (Å²) in [5.74, 6) is -1.13. The summed E-state index contributed by atoms with van der Waals surface area (Å²) in [6, 6.07) is 5.38. The number of nitrogens with one attached hydrogen (secondary N) is 1. The highest BCUT2D eigenvalue weighted by Crippen LogP contribution is 2.27. The Bertz CT molecular complexity index is 607. The monoisotopic (exact) mass is 329 g/mol. The predicted octanol–water partition coefficient (Wildman–Crippen LogP) is 2.34. The van der Waals surface area contributed by atoms with Crippen molar-refractivity contribution in [1.29, 1.82) is 0 Å². The number of carboxylic acid groups (broad SMARTS) is 1. The molecule has 1 aliphatic rings. The summed E-state index contributed by atoms with van der Waals surface area (Å²) in [7, 11) is -3.66. The first kappa shape index (κ1) is 16.3. The van der Waals surface area contributed by atoms with Crippen molar-refractivity contribution in [2.75, 3.05) is 6.26 Å². The Hall–Kier alpha value is -1.05.